The number of rotatable bonds is 7. The normalized spacial score (nSPS) is 12.6. The van der Waals surface area contributed by atoms with Crippen LogP contribution in [0.2, 0.25) is 0 Å². The molecule has 0 bridgehead atoms. The molecule has 5 rings (SSSR count). The summed E-state index contributed by atoms with van der Waals surface area (Å²) in [5.41, 5.74) is 11.1. The van der Waals surface area contributed by atoms with Crippen molar-refractivity contribution >= 4 is 0 Å². The highest BCUT2D eigenvalue weighted by molar-refractivity contribution is 5.71. The summed E-state index contributed by atoms with van der Waals surface area (Å²) < 4.78 is 4.88. The Morgan fingerprint density at radius 1 is 0.771 bits per heavy atom. The van der Waals surface area contributed by atoms with Crippen LogP contribution in [0.15, 0.2) is 73.1 Å². The lowest BCUT2D eigenvalue weighted by molar-refractivity contribution is -0.671. The molecule has 2 heterocycles. The summed E-state index contributed by atoms with van der Waals surface area (Å²) >= 11 is 0. The summed E-state index contributed by atoms with van der Waals surface area (Å²) in [6.45, 7) is 14.8. The van der Waals surface area contributed by atoms with Crippen molar-refractivity contribution in [1.29, 1.82) is 0 Å². The highest BCUT2D eigenvalue weighted by Gasteiger charge is 2.32. The van der Waals surface area contributed by atoms with Gasteiger partial charge in [0.1, 0.15) is 24.6 Å². The molecule has 0 saturated heterocycles. The molecule has 1 aliphatic heterocycles. The van der Waals surface area contributed by atoms with Gasteiger partial charge < -0.3 is 0 Å². The van der Waals surface area contributed by atoms with E-state index in [1.54, 1.807) is 0 Å². The second kappa shape index (κ2) is 9.49. The van der Waals surface area contributed by atoms with Gasteiger partial charge in [-0.2, -0.15) is 4.57 Å². The Hall–Kier alpha value is -3.13. The number of hydrogen-bond donors (Lipinski definition) is 0. The van der Waals surface area contributed by atoms with Crippen LogP contribution in [0.1, 0.15) is 69.7 Å². The fraction of sp³-hybridized carbons (Fsp3) is 0.364. The molecule has 3 aromatic carbocycles. The van der Waals surface area contributed by atoms with Crippen LogP contribution in [0.5, 0.6) is 0 Å². The lowest BCUT2D eigenvalue weighted by Crippen LogP contribution is -2.30. The first-order chi connectivity index (χ1) is 16.8. The van der Waals surface area contributed by atoms with Crippen LogP contribution >= 0.6 is 0 Å². The zero-order chi connectivity index (χ0) is 24.7. The minimum Gasteiger partial charge on any atom is -0.225 e. The molecule has 2 nitrogen and oxygen atoms in total. The number of benzene rings is 3. The van der Waals surface area contributed by atoms with E-state index in [4.69, 9.17) is 0 Å². The first-order valence-corrected chi connectivity index (χ1v) is 13.3. The molecule has 180 valence electrons. The van der Waals surface area contributed by atoms with Crippen molar-refractivity contribution in [2.45, 2.75) is 66.8 Å². The van der Waals surface area contributed by atoms with E-state index >= 15 is 0 Å². The van der Waals surface area contributed by atoms with Crippen LogP contribution in [-0.4, -0.2) is 4.57 Å². The van der Waals surface area contributed by atoms with E-state index in [1.165, 1.54) is 50.5 Å². The third-order valence-electron chi connectivity index (χ3n) is 7.17. The van der Waals surface area contributed by atoms with E-state index in [0.29, 0.717) is 17.8 Å². The van der Waals surface area contributed by atoms with Crippen molar-refractivity contribution in [3.05, 3.63) is 95.3 Å². The van der Waals surface area contributed by atoms with Gasteiger partial charge in [-0.15, -0.1) is 0 Å². The number of aromatic nitrogens is 2. The molecular formula is C33H39N2+. The van der Waals surface area contributed by atoms with Crippen molar-refractivity contribution in [3.63, 3.8) is 0 Å². The second-order valence-corrected chi connectivity index (χ2v) is 11.4. The van der Waals surface area contributed by atoms with Crippen LogP contribution in [0.25, 0.3) is 28.2 Å². The summed E-state index contributed by atoms with van der Waals surface area (Å²) in [5.74, 6) is 3.03. The Morgan fingerprint density at radius 3 is 2.00 bits per heavy atom. The largest absolute Gasteiger partial charge is 0.294 e. The van der Waals surface area contributed by atoms with E-state index < -0.39 is 0 Å². The van der Waals surface area contributed by atoms with Gasteiger partial charge in [-0.25, -0.2) is 4.57 Å². The second-order valence-electron chi connectivity index (χ2n) is 11.4. The molecule has 4 aromatic rings. The van der Waals surface area contributed by atoms with Gasteiger partial charge in [0.2, 0.25) is 0 Å². The summed E-state index contributed by atoms with van der Waals surface area (Å²) in [6, 6.07) is 23.0. The molecule has 0 spiro atoms. The number of imidazole rings is 1. The summed E-state index contributed by atoms with van der Waals surface area (Å²) in [6.07, 6.45) is 6.67. The van der Waals surface area contributed by atoms with Crippen molar-refractivity contribution < 1.29 is 4.57 Å². The van der Waals surface area contributed by atoms with Crippen LogP contribution in [-0.2, 0) is 19.4 Å². The Labute approximate surface area is 211 Å². The molecule has 1 aromatic heterocycles. The summed E-state index contributed by atoms with van der Waals surface area (Å²) in [5, 5.41) is 0. The molecule has 0 amide bonds. The SMILES string of the molecule is CC(C)Cc1cc(-c2ccc(C(C)C)cc2)cc(CC(C)C)c1-n1cc[n+]2c1-c1ccccc1C2. The van der Waals surface area contributed by atoms with Gasteiger partial charge >= 0.3 is 0 Å². The molecule has 0 radical (unpaired) electrons. The maximum absolute atomic E-state index is 2.48. The molecular weight excluding hydrogens is 424 g/mol. The van der Waals surface area contributed by atoms with E-state index in [0.717, 1.165) is 19.4 Å². The standard InChI is InChI=1S/C33H39N2/c1-22(2)17-29-19-28(26-13-11-25(12-14-26)24(5)6)20-30(18-23(3)4)32(29)35-16-15-34-21-27-9-7-8-10-31(27)33(34)35/h7-16,19-20,22-24H,17-18,21H2,1-6H3/q+1. The van der Waals surface area contributed by atoms with Crippen molar-refractivity contribution in [1.82, 2.24) is 4.57 Å². The Bertz CT molecular complexity index is 1310. The van der Waals surface area contributed by atoms with Gasteiger partial charge in [0.05, 0.1) is 5.56 Å². The van der Waals surface area contributed by atoms with E-state index in [-0.39, 0.29) is 0 Å². The van der Waals surface area contributed by atoms with Gasteiger partial charge in [-0.3, -0.25) is 0 Å². The average molecular weight is 464 g/mol. The van der Waals surface area contributed by atoms with Crippen LogP contribution in [0, 0.1) is 11.8 Å². The smallest absolute Gasteiger partial charge is 0.225 e. The predicted octanol–water partition coefficient (Wildman–Crippen LogP) is 7.98. The summed E-state index contributed by atoms with van der Waals surface area (Å²) in [7, 11) is 0. The molecule has 0 unspecified atom stereocenters. The molecule has 0 fully saturated rings. The quantitative estimate of drug-likeness (QED) is 0.216. The molecule has 0 atom stereocenters. The van der Waals surface area contributed by atoms with Gasteiger partial charge in [0.15, 0.2) is 0 Å². The number of hydrogen-bond acceptors (Lipinski definition) is 0. The first kappa shape index (κ1) is 23.6. The van der Waals surface area contributed by atoms with Crippen LogP contribution in [0.4, 0.5) is 0 Å². The van der Waals surface area contributed by atoms with E-state index in [1.807, 2.05) is 0 Å². The highest BCUT2D eigenvalue weighted by atomic mass is 15.2. The third kappa shape index (κ3) is 4.59. The zero-order valence-corrected chi connectivity index (χ0v) is 22.2. The lowest BCUT2D eigenvalue weighted by atomic mass is 9.89. The molecule has 0 aliphatic carbocycles. The summed E-state index contributed by atoms with van der Waals surface area (Å²) in [4.78, 5) is 0. The van der Waals surface area contributed by atoms with Crippen LogP contribution < -0.4 is 4.57 Å². The maximum atomic E-state index is 2.48. The average Bonchev–Trinajstić information content (AvgIpc) is 3.38. The monoisotopic (exact) mass is 463 g/mol. The third-order valence-corrected chi connectivity index (χ3v) is 7.17. The fourth-order valence-corrected chi connectivity index (χ4v) is 5.57. The Balaban J connectivity index is 1.71. The minimum absolute atomic E-state index is 0.552. The fourth-order valence-electron chi connectivity index (χ4n) is 5.57. The predicted molar refractivity (Wildman–Crippen MR) is 147 cm³/mol. The molecule has 35 heavy (non-hydrogen) atoms. The maximum Gasteiger partial charge on any atom is 0.294 e. The number of nitrogens with zero attached hydrogens (tertiary/aromatic N) is 2. The highest BCUT2D eigenvalue weighted by Crippen LogP contribution is 2.36. The topological polar surface area (TPSA) is 8.81 Å². The Morgan fingerprint density at radius 2 is 1.40 bits per heavy atom. The van der Waals surface area contributed by atoms with Gasteiger partial charge in [-0.05, 0) is 65.5 Å². The zero-order valence-electron chi connectivity index (χ0n) is 22.2. The number of fused-ring (bicyclic) bond motifs is 3. The van der Waals surface area contributed by atoms with Gasteiger partial charge in [0.25, 0.3) is 5.82 Å². The molecule has 0 saturated carbocycles. The first-order valence-electron chi connectivity index (χ1n) is 13.3. The van der Waals surface area contributed by atoms with E-state index in [9.17, 15) is 0 Å². The van der Waals surface area contributed by atoms with Gasteiger partial charge in [-0.1, -0.05) is 84.0 Å². The minimum atomic E-state index is 0.552. The molecule has 2 heteroatoms. The van der Waals surface area contributed by atoms with Gasteiger partial charge in [0, 0.05) is 16.7 Å². The van der Waals surface area contributed by atoms with Crippen molar-refractivity contribution in [2.24, 2.45) is 11.8 Å². The van der Waals surface area contributed by atoms with Crippen LogP contribution in [0.3, 0.4) is 0 Å². The Kier molecular flexibility index (Phi) is 6.40. The molecule has 1 aliphatic rings. The van der Waals surface area contributed by atoms with Crippen molar-refractivity contribution in [2.75, 3.05) is 0 Å². The van der Waals surface area contributed by atoms with E-state index in [2.05, 4.69) is 124 Å². The lowest BCUT2D eigenvalue weighted by Gasteiger charge is -2.19. The molecule has 0 N–H and O–H groups in total. The van der Waals surface area contributed by atoms with Crippen molar-refractivity contribution in [3.8, 4) is 28.2 Å².